The molecule has 0 aliphatic heterocycles. The van der Waals surface area contributed by atoms with E-state index in [0.717, 1.165) is 15.2 Å². The number of rotatable bonds is 4. The minimum atomic E-state index is -0.358. The predicted octanol–water partition coefficient (Wildman–Crippen LogP) is 4.11. The summed E-state index contributed by atoms with van der Waals surface area (Å²) in [5.41, 5.74) is 1.04. The molecular formula is C16H12ClN5OS2. The van der Waals surface area contributed by atoms with Crippen molar-refractivity contribution < 1.29 is 4.79 Å². The zero-order chi connectivity index (χ0) is 17.4. The number of carbonyl (C=O) groups is 1. The molecule has 0 bridgehead atoms. The molecule has 0 aliphatic carbocycles. The molecule has 1 atom stereocenters. The molecule has 126 valence electrons. The number of halogens is 1. The number of thiazole rings is 1. The van der Waals surface area contributed by atoms with Gasteiger partial charge in [-0.05, 0) is 31.2 Å². The summed E-state index contributed by atoms with van der Waals surface area (Å²) in [5, 5.41) is 12.1. The van der Waals surface area contributed by atoms with Crippen LogP contribution < -0.4 is 5.32 Å². The summed E-state index contributed by atoms with van der Waals surface area (Å²) in [5.74, 6) is 0.310. The van der Waals surface area contributed by atoms with Crippen molar-refractivity contribution in [2.24, 2.45) is 0 Å². The fraction of sp³-hybridized carbons (Fsp3) is 0.125. The molecule has 0 aliphatic rings. The number of thioether (sulfide) groups is 1. The quantitative estimate of drug-likeness (QED) is 0.532. The van der Waals surface area contributed by atoms with Crippen LogP contribution in [0.3, 0.4) is 0 Å². The molecule has 9 heteroatoms. The van der Waals surface area contributed by atoms with E-state index in [2.05, 4.69) is 20.5 Å². The first kappa shape index (κ1) is 16.3. The van der Waals surface area contributed by atoms with Crippen LogP contribution in [0, 0.1) is 0 Å². The van der Waals surface area contributed by atoms with Gasteiger partial charge in [-0.1, -0.05) is 46.8 Å². The van der Waals surface area contributed by atoms with Crippen molar-refractivity contribution in [3.05, 3.63) is 47.6 Å². The summed E-state index contributed by atoms with van der Waals surface area (Å²) in [7, 11) is 0. The maximum Gasteiger partial charge on any atom is 0.238 e. The smallest absolute Gasteiger partial charge is 0.238 e. The van der Waals surface area contributed by atoms with Crippen LogP contribution in [0.25, 0.3) is 15.2 Å². The maximum absolute atomic E-state index is 12.4. The van der Waals surface area contributed by atoms with E-state index in [0.29, 0.717) is 16.0 Å². The summed E-state index contributed by atoms with van der Waals surface area (Å²) in [6.45, 7) is 1.82. The van der Waals surface area contributed by atoms with Crippen LogP contribution in [0.1, 0.15) is 6.92 Å². The number of fused-ring (bicyclic) bond motifs is 3. The highest BCUT2D eigenvalue weighted by Crippen LogP contribution is 2.31. The minimum Gasteiger partial charge on any atom is -0.310 e. The second-order valence-corrected chi connectivity index (χ2v) is 8.03. The van der Waals surface area contributed by atoms with Gasteiger partial charge in [0.1, 0.15) is 5.82 Å². The number of amides is 1. The Kier molecular flexibility index (Phi) is 4.32. The second-order valence-electron chi connectivity index (χ2n) is 5.28. The Labute approximate surface area is 156 Å². The monoisotopic (exact) mass is 389 g/mol. The van der Waals surface area contributed by atoms with Crippen LogP contribution in [0.15, 0.2) is 47.8 Å². The summed E-state index contributed by atoms with van der Waals surface area (Å²) in [6, 6.07) is 11.4. The molecule has 0 radical (unpaired) electrons. The topological polar surface area (TPSA) is 72.2 Å². The zero-order valence-corrected chi connectivity index (χ0v) is 15.4. The van der Waals surface area contributed by atoms with E-state index in [1.54, 1.807) is 23.5 Å². The van der Waals surface area contributed by atoms with Crippen LogP contribution in [0.2, 0.25) is 5.02 Å². The van der Waals surface area contributed by atoms with E-state index in [-0.39, 0.29) is 11.2 Å². The fourth-order valence-electron chi connectivity index (χ4n) is 2.32. The number of aromatic nitrogens is 4. The van der Waals surface area contributed by atoms with Gasteiger partial charge in [-0.3, -0.25) is 9.20 Å². The van der Waals surface area contributed by atoms with Crippen molar-refractivity contribution >= 4 is 61.6 Å². The third kappa shape index (κ3) is 3.20. The molecule has 6 nitrogen and oxygen atoms in total. The van der Waals surface area contributed by atoms with Crippen molar-refractivity contribution in [3.63, 3.8) is 0 Å². The molecular weight excluding hydrogens is 378 g/mol. The number of nitrogens with one attached hydrogen (secondary N) is 1. The molecule has 0 fully saturated rings. The van der Waals surface area contributed by atoms with Gasteiger partial charge in [-0.2, -0.15) is 0 Å². The summed E-state index contributed by atoms with van der Waals surface area (Å²) >= 11 is 8.74. The predicted molar refractivity (Wildman–Crippen MR) is 102 cm³/mol. The molecule has 25 heavy (non-hydrogen) atoms. The molecule has 4 rings (SSSR count). The van der Waals surface area contributed by atoms with Crippen molar-refractivity contribution in [2.75, 3.05) is 5.32 Å². The van der Waals surface area contributed by atoms with Crippen LogP contribution >= 0.6 is 34.7 Å². The highest BCUT2D eigenvalue weighted by molar-refractivity contribution is 8.00. The number of benzene rings is 1. The molecule has 3 aromatic heterocycles. The third-order valence-corrected chi connectivity index (χ3v) is 5.82. The van der Waals surface area contributed by atoms with Crippen molar-refractivity contribution in [2.45, 2.75) is 17.3 Å². The highest BCUT2D eigenvalue weighted by Gasteiger charge is 2.20. The van der Waals surface area contributed by atoms with Gasteiger partial charge in [0.15, 0.2) is 5.16 Å². The Balaban J connectivity index is 1.56. The molecule has 1 N–H and O–H groups in total. The summed E-state index contributed by atoms with van der Waals surface area (Å²) < 4.78 is 3.12. The molecule has 0 spiro atoms. The normalized spacial score (nSPS) is 12.6. The number of nitrogens with zero attached hydrogens (tertiary/aromatic N) is 4. The first-order valence-corrected chi connectivity index (χ1v) is 9.51. The van der Waals surface area contributed by atoms with Gasteiger partial charge < -0.3 is 5.32 Å². The first-order chi connectivity index (χ1) is 12.1. The lowest BCUT2D eigenvalue weighted by atomic mass is 10.3. The average Bonchev–Trinajstić information content (AvgIpc) is 3.16. The number of pyridine rings is 1. The average molecular weight is 390 g/mol. The highest BCUT2D eigenvalue weighted by atomic mass is 35.5. The lowest BCUT2D eigenvalue weighted by Crippen LogP contribution is -2.23. The van der Waals surface area contributed by atoms with Gasteiger partial charge >= 0.3 is 0 Å². The van der Waals surface area contributed by atoms with Crippen molar-refractivity contribution in [1.82, 2.24) is 19.6 Å². The number of anilines is 1. The van der Waals surface area contributed by atoms with Crippen LogP contribution in [-0.2, 0) is 4.79 Å². The lowest BCUT2D eigenvalue weighted by Gasteiger charge is -2.10. The Hall–Kier alpha value is -2.16. The van der Waals surface area contributed by atoms with Crippen molar-refractivity contribution in [3.8, 4) is 0 Å². The van der Waals surface area contributed by atoms with Crippen LogP contribution in [0.4, 0.5) is 5.82 Å². The van der Waals surface area contributed by atoms with E-state index in [9.17, 15) is 4.79 Å². The number of hydrogen-bond acceptors (Lipinski definition) is 6. The molecule has 0 saturated heterocycles. The number of para-hydroxylation sites is 1. The Morgan fingerprint density at radius 3 is 2.92 bits per heavy atom. The Morgan fingerprint density at radius 2 is 2.12 bits per heavy atom. The Bertz CT molecular complexity index is 1060. The fourth-order valence-corrected chi connectivity index (χ4v) is 4.32. The number of hydrogen-bond donors (Lipinski definition) is 1. The molecule has 4 aromatic rings. The van der Waals surface area contributed by atoms with E-state index in [1.807, 2.05) is 35.6 Å². The van der Waals surface area contributed by atoms with Crippen LogP contribution in [0.5, 0.6) is 0 Å². The molecule has 0 saturated carbocycles. The SMILES string of the molecule is C[C@H](Sc1nnc2sc3ccccc3n12)C(=O)Nc1ccc(Cl)cn1. The largest absolute Gasteiger partial charge is 0.310 e. The van der Waals surface area contributed by atoms with Gasteiger partial charge in [0.2, 0.25) is 10.9 Å². The molecule has 3 heterocycles. The van der Waals surface area contributed by atoms with Gasteiger partial charge in [-0.15, -0.1) is 10.2 Å². The zero-order valence-electron chi connectivity index (χ0n) is 13.0. The molecule has 1 amide bonds. The van der Waals surface area contributed by atoms with Gasteiger partial charge in [0.05, 0.1) is 20.5 Å². The third-order valence-electron chi connectivity index (χ3n) is 3.54. The van der Waals surface area contributed by atoms with E-state index in [1.165, 1.54) is 18.0 Å². The molecule has 1 aromatic carbocycles. The van der Waals surface area contributed by atoms with E-state index >= 15 is 0 Å². The summed E-state index contributed by atoms with van der Waals surface area (Å²) in [4.78, 5) is 17.3. The number of carbonyl (C=O) groups excluding carboxylic acids is 1. The minimum absolute atomic E-state index is 0.156. The van der Waals surface area contributed by atoms with Crippen LogP contribution in [-0.4, -0.2) is 30.7 Å². The van der Waals surface area contributed by atoms with Crippen molar-refractivity contribution in [1.29, 1.82) is 0 Å². The lowest BCUT2D eigenvalue weighted by molar-refractivity contribution is -0.115. The molecule has 0 unspecified atom stereocenters. The Morgan fingerprint density at radius 1 is 1.28 bits per heavy atom. The first-order valence-electron chi connectivity index (χ1n) is 7.43. The van der Waals surface area contributed by atoms with Gasteiger partial charge in [0, 0.05) is 6.20 Å². The van der Waals surface area contributed by atoms with Gasteiger partial charge in [-0.25, -0.2) is 4.98 Å². The standard InChI is InChI=1S/C16H12ClN5OS2/c1-9(14(23)19-13-7-6-10(17)8-18-13)24-15-20-21-16-22(15)11-4-2-3-5-12(11)25-16/h2-9H,1H3,(H,18,19,23)/t9-/m0/s1. The van der Waals surface area contributed by atoms with E-state index in [4.69, 9.17) is 11.6 Å². The van der Waals surface area contributed by atoms with E-state index < -0.39 is 0 Å². The second kappa shape index (κ2) is 6.62. The van der Waals surface area contributed by atoms with Gasteiger partial charge in [0.25, 0.3) is 0 Å². The summed E-state index contributed by atoms with van der Waals surface area (Å²) in [6.07, 6.45) is 1.49. The maximum atomic E-state index is 12.4.